The first kappa shape index (κ1) is 22.8. The van der Waals surface area contributed by atoms with E-state index in [4.69, 9.17) is 0 Å². The number of guanidine groups is 1. The molecule has 7 nitrogen and oxygen atoms in total. The predicted molar refractivity (Wildman–Crippen MR) is 115 cm³/mol. The predicted octanol–water partition coefficient (Wildman–Crippen LogP) is 0.701. The van der Waals surface area contributed by atoms with Crippen molar-refractivity contribution in [2.75, 3.05) is 43.9 Å². The Morgan fingerprint density at radius 2 is 2.12 bits per heavy atom. The molecule has 0 aromatic carbocycles. The van der Waals surface area contributed by atoms with Gasteiger partial charge in [0.15, 0.2) is 15.8 Å². The summed E-state index contributed by atoms with van der Waals surface area (Å²) in [6, 6.07) is -0.235. The molecule has 2 fully saturated rings. The number of nitrogens with zero attached hydrogens (tertiary/aromatic N) is 2. The molecule has 1 unspecified atom stereocenters. The second-order valence-electron chi connectivity index (χ2n) is 6.92. The summed E-state index contributed by atoms with van der Waals surface area (Å²) in [6.07, 6.45) is 0.825. The summed E-state index contributed by atoms with van der Waals surface area (Å²) in [5.74, 6) is 2.00. The minimum atomic E-state index is -2.96. The van der Waals surface area contributed by atoms with Crippen molar-refractivity contribution < 1.29 is 13.2 Å². The Balaban J connectivity index is 0.00000312. The molecule has 0 aromatic heterocycles. The SMILES string of the molecule is CN=C(NCCC(=O)NC1CCS(=O)(=O)C1)N1CCSC(C)(C)C1.I. The summed E-state index contributed by atoms with van der Waals surface area (Å²) in [5.41, 5.74) is 0. The molecule has 0 aromatic rings. The van der Waals surface area contributed by atoms with Gasteiger partial charge in [-0.15, -0.1) is 24.0 Å². The van der Waals surface area contributed by atoms with Crippen LogP contribution in [0.1, 0.15) is 26.7 Å². The van der Waals surface area contributed by atoms with Gasteiger partial charge in [0.25, 0.3) is 0 Å². The van der Waals surface area contributed by atoms with Crippen molar-refractivity contribution in [3.05, 3.63) is 0 Å². The highest BCUT2D eigenvalue weighted by molar-refractivity contribution is 14.0. The average molecular weight is 504 g/mol. The van der Waals surface area contributed by atoms with Gasteiger partial charge in [-0.25, -0.2) is 8.42 Å². The van der Waals surface area contributed by atoms with Crippen molar-refractivity contribution in [2.24, 2.45) is 4.99 Å². The Labute approximate surface area is 172 Å². The number of carbonyl (C=O) groups is 1. The zero-order valence-electron chi connectivity index (χ0n) is 15.1. The Morgan fingerprint density at radius 3 is 2.68 bits per heavy atom. The van der Waals surface area contributed by atoms with Crippen LogP contribution in [-0.4, -0.2) is 79.9 Å². The largest absolute Gasteiger partial charge is 0.356 e. The van der Waals surface area contributed by atoms with Crippen LogP contribution in [0.2, 0.25) is 0 Å². The molecule has 0 saturated carbocycles. The van der Waals surface area contributed by atoms with E-state index in [2.05, 4.69) is 34.4 Å². The van der Waals surface area contributed by atoms with Crippen LogP contribution in [0.3, 0.4) is 0 Å². The third-order valence-corrected chi connectivity index (χ3v) is 7.23. The summed E-state index contributed by atoms with van der Waals surface area (Å²) in [4.78, 5) is 18.5. The molecular formula is C15H29IN4O3S2. The summed E-state index contributed by atoms with van der Waals surface area (Å²) in [7, 11) is -1.21. The number of nitrogens with one attached hydrogen (secondary N) is 2. The van der Waals surface area contributed by atoms with Gasteiger partial charge in [-0.1, -0.05) is 0 Å². The minimum Gasteiger partial charge on any atom is -0.356 e. The highest BCUT2D eigenvalue weighted by atomic mass is 127. The van der Waals surface area contributed by atoms with E-state index in [1.54, 1.807) is 7.05 Å². The first-order chi connectivity index (χ1) is 11.2. The molecule has 2 saturated heterocycles. The van der Waals surface area contributed by atoms with E-state index < -0.39 is 9.84 Å². The minimum absolute atomic E-state index is 0. The lowest BCUT2D eigenvalue weighted by molar-refractivity contribution is -0.121. The third-order valence-electron chi connectivity index (χ3n) is 4.17. The van der Waals surface area contributed by atoms with E-state index in [9.17, 15) is 13.2 Å². The Kier molecular flexibility index (Phi) is 8.79. The molecule has 2 N–H and O–H groups in total. The second-order valence-corrected chi connectivity index (χ2v) is 11.0. The van der Waals surface area contributed by atoms with Gasteiger partial charge >= 0.3 is 0 Å². The van der Waals surface area contributed by atoms with Gasteiger partial charge < -0.3 is 15.5 Å². The van der Waals surface area contributed by atoms with Crippen molar-refractivity contribution >= 4 is 57.4 Å². The van der Waals surface area contributed by atoms with Crippen LogP contribution in [0.4, 0.5) is 0 Å². The fraction of sp³-hybridized carbons (Fsp3) is 0.867. The first-order valence-electron chi connectivity index (χ1n) is 8.30. The van der Waals surface area contributed by atoms with Gasteiger partial charge in [-0.3, -0.25) is 9.79 Å². The number of sulfone groups is 1. The Morgan fingerprint density at radius 1 is 1.40 bits per heavy atom. The highest BCUT2D eigenvalue weighted by Gasteiger charge is 2.30. The maximum Gasteiger partial charge on any atom is 0.222 e. The van der Waals surface area contributed by atoms with E-state index in [1.165, 1.54) is 0 Å². The average Bonchev–Trinajstić information content (AvgIpc) is 2.81. The van der Waals surface area contributed by atoms with Crippen molar-refractivity contribution in [1.29, 1.82) is 0 Å². The molecule has 0 spiro atoms. The molecule has 146 valence electrons. The van der Waals surface area contributed by atoms with Crippen molar-refractivity contribution in [3.63, 3.8) is 0 Å². The molecule has 1 atom stereocenters. The van der Waals surface area contributed by atoms with Crippen molar-refractivity contribution in [2.45, 2.75) is 37.5 Å². The lowest BCUT2D eigenvalue weighted by Crippen LogP contribution is -2.51. The van der Waals surface area contributed by atoms with Gasteiger partial charge in [-0.2, -0.15) is 11.8 Å². The quantitative estimate of drug-likeness (QED) is 0.333. The molecule has 2 aliphatic heterocycles. The maximum atomic E-state index is 12.0. The molecule has 25 heavy (non-hydrogen) atoms. The van der Waals surface area contributed by atoms with Crippen LogP contribution in [-0.2, 0) is 14.6 Å². The van der Waals surface area contributed by atoms with Gasteiger partial charge in [-0.05, 0) is 20.3 Å². The van der Waals surface area contributed by atoms with Crippen LogP contribution in [0.15, 0.2) is 4.99 Å². The second kappa shape index (κ2) is 9.63. The lowest BCUT2D eigenvalue weighted by Gasteiger charge is -2.39. The number of carbonyl (C=O) groups excluding carboxylic acids is 1. The summed E-state index contributed by atoms with van der Waals surface area (Å²) >= 11 is 1.96. The number of aliphatic imine (C=N–C) groups is 1. The van der Waals surface area contributed by atoms with E-state index in [-0.39, 0.29) is 52.2 Å². The zero-order valence-corrected chi connectivity index (χ0v) is 19.0. The lowest BCUT2D eigenvalue weighted by atomic mass is 10.2. The van der Waals surface area contributed by atoms with E-state index in [0.717, 1.165) is 24.8 Å². The molecule has 1 amide bonds. The number of amides is 1. The smallest absolute Gasteiger partial charge is 0.222 e. The normalized spacial score (nSPS) is 25.2. The molecule has 2 heterocycles. The third kappa shape index (κ3) is 7.49. The summed E-state index contributed by atoms with van der Waals surface area (Å²) in [5, 5.41) is 6.04. The number of hydrogen-bond donors (Lipinski definition) is 2. The van der Waals surface area contributed by atoms with Crippen molar-refractivity contribution in [3.8, 4) is 0 Å². The fourth-order valence-electron chi connectivity index (χ4n) is 3.03. The summed E-state index contributed by atoms with van der Waals surface area (Å²) < 4.78 is 23.0. The van der Waals surface area contributed by atoms with Crippen LogP contribution >= 0.6 is 35.7 Å². The number of halogens is 1. The van der Waals surface area contributed by atoms with Gasteiger partial charge in [0.1, 0.15) is 0 Å². The van der Waals surface area contributed by atoms with E-state index in [1.807, 2.05) is 11.8 Å². The van der Waals surface area contributed by atoms with Crippen molar-refractivity contribution in [1.82, 2.24) is 15.5 Å². The highest BCUT2D eigenvalue weighted by Crippen LogP contribution is 2.29. The molecule has 0 aliphatic carbocycles. The molecular weight excluding hydrogens is 475 g/mol. The molecule has 2 aliphatic rings. The first-order valence-corrected chi connectivity index (χ1v) is 11.1. The number of rotatable bonds is 4. The standard InChI is InChI=1S/C15H28N4O3S2.HI/c1-15(2)11-19(7-8-23-15)14(16-3)17-6-4-13(20)18-12-5-9-24(21,22)10-12;/h12H,4-11H2,1-3H3,(H,16,17)(H,18,20);1H. The molecule has 10 heteroatoms. The van der Waals surface area contributed by atoms with Crippen LogP contribution in [0.5, 0.6) is 0 Å². The van der Waals surface area contributed by atoms with Gasteiger partial charge in [0.2, 0.25) is 5.91 Å². The summed E-state index contributed by atoms with van der Waals surface area (Å²) in [6.45, 7) is 6.80. The number of hydrogen-bond acceptors (Lipinski definition) is 5. The Bertz CT molecular complexity index is 596. The monoisotopic (exact) mass is 504 g/mol. The topological polar surface area (TPSA) is 90.9 Å². The van der Waals surface area contributed by atoms with E-state index >= 15 is 0 Å². The van der Waals surface area contributed by atoms with Crippen LogP contribution in [0.25, 0.3) is 0 Å². The molecule has 2 rings (SSSR count). The fourth-order valence-corrected chi connectivity index (χ4v) is 5.81. The number of thioether (sulfide) groups is 1. The van der Waals surface area contributed by atoms with Crippen LogP contribution in [0, 0.1) is 0 Å². The van der Waals surface area contributed by atoms with Gasteiger partial charge in [0.05, 0.1) is 11.5 Å². The van der Waals surface area contributed by atoms with Crippen LogP contribution < -0.4 is 10.6 Å². The molecule has 0 bridgehead atoms. The Hall–Kier alpha value is -0.230. The maximum absolute atomic E-state index is 12.0. The van der Waals surface area contributed by atoms with E-state index in [0.29, 0.717) is 19.4 Å². The zero-order chi connectivity index (χ0) is 17.8. The van der Waals surface area contributed by atoms with Gasteiger partial charge in [0, 0.05) is 49.6 Å². The molecule has 0 radical (unpaired) electrons.